The lowest BCUT2D eigenvalue weighted by Crippen LogP contribution is -2.10. The third-order valence-electron chi connectivity index (χ3n) is 7.31. The van der Waals surface area contributed by atoms with Crippen LogP contribution in [0.15, 0.2) is 138 Å². The molecule has 0 aliphatic heterocycles. The van der Waals surface area contributed by atoms with E-state index in [-0.39, 0.29) is 0 Å². The second-order valence-corrected chi connectivity index (χ2v) is 10.7. The van der Waals surface area contributed by atoms with Crippen LogP contribution in [-0.2, 0) is 0 Å². The average molecular weight is 519 g/mol. The van der Waals surface area contributed by atoms with E-state index >= 15 is 0 Å². The van der Waals surface area contributed by atoms with E-state index in [0.717, 1.165) is 39.1 Å². The zero-order chi connectivity index (χ0) is 25.8. The van der Waals surface area contributed by atoms with E-state index in [9.17, 15) is 0 Å². The van der Waals surface area contributed by atoms with E-state index in [1.54, 1.807) is 0 Å². The number of hydrogen-bond acceptors (Lipinski definition) is 4. The summed E-state index contributed by atoms with van der Waals surface area (Å²) in [6, 6.07) is 44.6. The normalized spacial score (nSPS) is 11.6. The van der Waals surface area contributed by atoms with Crippen molar-refractivity contribution >= 4 is 70.6 Å². The molecule has 0 aliphatic rings. The second kappa shape index (κ2) is 8.83. The highest BCUT2D eigenvalue weighted by molar-refractivity contribution is 7.26. The highest BCUT2D eigenvalue weighted by Gasteiger charge is 2.20. The molecule has 39 heavy (non-hydrogen) atoms. The summed E-state index contributed by atoms with van der Waals surface area (Å²) in [5.41, 5.74) is 8.04. The van der Waals surface area contributed by atoms with Crippen LogP contribution < -0.4 is 4.90 Å². The Labute approximate surface area is 229 Å². The Kier molecular flexibility index (Phi) is 5.00. The molecule has 0 saturated carbocycles. The average Bonchev–Trinajstić information content (AvgIpc) is 3.56. The fourth-order valence-corrected chi connectivity index (χ4v) is 6.64. The van der Waals surface area contributed by atoms with Crippen LogP contribution in [0.1, 0.15) is 0 Å². The Hall–Kier alpha value is -4.93. The van der Waals surface area contributed by atoms with E-state index in [1.165, 1.54) is 31.3 Å². The molecule has 3 nitrogen and oxygen atoms in total. The van der Waals surface area contributed by atoms with Crippen LogP contribution in [0.5, 0.6) is 0 Å². The highest BCUT2D eigenvalue weighted by atomic mass is 32.1. The molecule has 8 aromatic rings. The predicted octanol–water partition coefficient (Wildman–Crippen LogP) is 10.5. The lowest BCUT2D eigenvalue weighted by molar-refractivity contribution is 0.668. The maximum absolute atomic E-state index is 6.25. The number of rotatable bonds is 4. The smallest absolute Gasteiger partial charge is 0.155 e. The molecule has 0 bridgehead atoms. The third kappa shape index (κ3) is 3.61. The quantitative estimate of drug-likeness (QED) is 0.232. The number of para-hydroxylation sites is 1. The number of aromatic nitrogens is 1. The lowest BCUT2D eigenvalue weighted by atomic mass is 10.0. The van der Waals surface area contributed by atoms with Crippen LogP contribution in [0.2, 0.25) is 0 Å². The summed E-state index contributed by atoms with van der Waals surface area (Å²) >= 11 is 1.83. The topological polar surface area (TPSA) is 29.3 Å². The molecule has 3 heterocycles. The summed E-state index contributed by atoms with van der Waals surface area (Å²) in [5, 5.41) is 3.54. The van der Waals surface area contributed by atoms with Gasteiger partial charge >= 0.3 is 0 Å². The number of anilines is 3. The Morgan fingerprint density at radius 3 is 2.15 bits per heavy atom. The Morgan fingerprint density at radius 1 is 0.564 bits per heavy atom. The van der Waals surface area contributed by atoms with Crippen LogP contribution in [0, 0.1) is 0 Å². The van der Waals surface area contributed by atoms with Crippen LogP contribution >= 0.6 is 11.3 Å². The summed E-state index contributed by atoms with van der Waals surface area (Å²) in [6.07, 6.45) is 1.96. The first-order chi connectivity index (χ1) is 19.3. The standard InChI is InChI=1S/C35H22N2OS/c1-2-9-23(10-3-1)24-17-19-25(20-18-24)37(26-21-31-35(36-22-26)27-11-4-6-14-30(27)38-31)29-13-8-16-33-34(29)28-12-5-7-15-32(28)39-33/h1-22H. The van der Waals surface area contributed by atoms with Gasteiger partial charge in [0.05, 0.1) is 17.6 Å². The van der Waals surface area contributed by atoms with Crippen molar-refractivity contribution in [2.45, 2.75) is 0 Å². The van der Waals surface area contributed by atoms with Gasteiger partial charge in [-0.05, 0) is 53.6 Å². The molecule has 0 spiro atoms. The van der Waals surface area contributed by atoms with Gasteiger partial charge in [-0.3, -0.25) is 0 Å². The third-order valence-corrected chi connectivity index (χ3v) is 8.45. The first kappa shape index (κ1) is 22.1. The Bertz CT molecular complexity index is 2120. The fourth-order valence-electron chi connectivity index (χ4n) is 5.51. The molecule has 5 aromatic carbocycles. The van der Waals surface area contributed by atoms with Crippen molar-refractivity contribution in [3.05, 3.63) is 134 Å². The molecule has 0 fully saturated rings. The van der Waals surface area contributed by atoms with Gasteiger partial charge in [0.25, 0.3) is 0 Å². The summed E-state index contributed by atoms with van der Waals surface area (Å²) in [7, 11) is 0. The van der Waals surface area contributed by atoms with Crippen LogP contribution in [0.3, 0.4) is 0 Å². The molecule has 0 saturated heterocycles. The molecule has 4 heteroatoms. The SMILES string of the molecule is c1ccc(-c2ccc(N(c3cnc4c(c3)oc3ccccc34)c3cccc4sc5ccccc5c34)cc2)cc1. The minimum Gasteiger partial charge on any atom is -0.454 e. The van der Waals surface area contributed by atoms with Gasteiger partial charge in [-0.15, -0.1) is 11.3 Å². The van der Waals surface area contributed by atoms with Gasteiger partial charge in [-0.2, -0.15) is 0 Å². The molecule has 184 valence electrons. The zero-order valence-corrected chi connectivity index (χ0v) is 21.7. The van der Waals surface area contributed by atoms with E-state index < -0.39 is 0 Å². The molecule has 0 N–H and O–H groups in total. The van der Waals surface area contributed by atoms with Crippen molar-refractivity contribution in [1.29, 1.82) is 0 Å². The van der Waals surface area contributed by atoms with Gasteiger partial charge in [-0.25, -0.2) is 4.98 Å². The number of furan rings is 1. The minimum absolute atomic E-state index is 0.780. The first-order valence-electron chi connectivity index (χ1n) is 13.0. The molecule has 0 unspecified atom stereocenters. The van der Waals surface area contributed by atoms with Gasteiger partial charge in [0.1, 0.15) is 11.1 Å². The molecular formula is C35H22N2OS. The first-order valence-corrected chi connectivity index (χ1v) is 13.8. The molecule has 0 amide bonds. The van der Waals surface area contributed by atoms with Crippen molar-refractivity contribution in [2.75, 3.05) is 4.90 Å². The molecular weight excluding hydrogens is 496 g/mol. The maximum atomic E-state index is 6.25. The van der Waals surface area contributed by atoms with Gasteiger partial charge in [0.15, 0.2) is 5.58 Å². The number of thiophene rings is 1. The van der Waals surface area contributed by atoms with E-state index in [1.807, 2.05) is 41.8 Å². The minimum atomic E-state index is 0.780. The van der Waals surface area contributed by atoms with Crippen molar-refractivity contribution in [2.24, 2.45) is 0 Å². The van der Waals surface area contributed by atoms with E-state index in [2.05, 4.69) is 108 Å². The van der Waals surface area contributed by atoms with Crippen LogP contribution in [-0.4, -0.2) is 4.98 Å². The summed E-state index contributed by atoms with van der Waals surface area (Å²) < 4.78 is 8.79. The summed E-state index contributed by atoms with van der Waals surface area (Å²) in [4.78, 5) is 7.21. The van der Waals surface area contributed by atoms with Gasteiger partial charge in [-0.1, -0.05) is 78.9 Å². The van der Waals surface area contributed by atoms with Gasteiger partial charge in [0, 0.05) is 37.3 Å². The number of hydrogen-bond donors (Lipinski definition) is 0. The molecule has 0 radical (unpaired) electrons. The van der Waals surface area contributed by atoms with E-state index in [4.69, 9.17) is 9.40 Å². The number of pyridine rings is 1. The Morgan fingerprint density at radius 2 is 1.28 bits per heavy atom. The predicted molar refractivity (Wildman–Crippen MR) is 165 cm³/mol. The lowest BCUT2D eigenvalue weighted by Gasteiger charge is -2.26. The number of fused-ring (bicyclic) bond motifs is 6. The molecule has 3 aromatic heterocycles. The van der Waals surface area contributed by atoms with Crippen molar-refractivity contribution < 1.29 is 4.42 Å². The maximum Gasteiger partial charge on any atom is 0.155 e. The monoisotopic (exact) mass is 518 g/mol. The van der Waals surface area contributed by atoms with Gasteiger partial charge < -0.3 is 9.32 Å². The summed E-state index contributed by atoms with van der Waals surface area (Å²) in [6.45, 7) is 0. The largest absolute Gasteiger partial charge is 0.454 e. The summed E-state index contributed by atoms with van der Waals surface area (Å²) in [5.74, 6) is 0. The van der Waals surface area contributed by atoms with Crippen molar-refractivity contribution in [1.82, 2.24) is 4.98 Å². The van der Waals surface area contributed by atoms with Gasteiger partial charge in [0.2, 0.25) is 0 Å². The molecule has 8 rings (SSSR count). The molecule has 0 aliphatic carbocycles. The van der Waals surface area contributed by atoms with E-state index in [0.29, 0.717) is 0 Å². The van der Waals surface area contributed by atoms with Crippen LogP contribution in [0.4, 0.5) is 17.1 Å². The molecule has 0 atom stereocenters. The number of benzene rings is 5. The Balaban J connectivity index is 1.37. The zero-order valence-electron chi connectivity index (χ0n) is 20.9. The van der Waals surface area contributed by atoms with Crippen LogP contribution in [0.25, 0.3) is 53.4 Å². The van der Waals surface area contributed by atoms with Crippen molar-refractivity contribution in [3.63, 3.8) is 0 Å². The van der Waals surface area contributed by atoms with Crippen molar-refractivity contribution in [3.8, 4) is 11.1 Å². The number of nitrogens with zero attached hydrogens (tertiary/aromatic N) is 2. The second-order valence-electron chi connectivity index (χ2n) is 9.64. The highest BCUT2D eigenvalue weighted by Crippen LogP contribution is 2.45. The fraction of sp³-hybridized carbons (Fsp3) is 0.